The fourth-order valence-corrected chi connectivity index (χ4v) is 4.23. The second-order valence-corrected chi connectivity index (χ2v) is 8.34. The fraction of sp³-hybridized carbons (Fsp3) is 0.231. The minimum atomic E-state index is -0.865. The Morgan fingerprint density at radius 2 is 1.60 bits per heavy atom. The number of anilines is 1. The molecule has 0 amide bonds. The number of carbonyl (C=O) groups is 2. The van der Waals surface area contributed by atoms with E-state index in [-0.39, 0.29) is 24.4 Å². The Morgan fingerprint density at radius 1 is 1.00 bits per heavy atom. The zero-order valence-corrected chi connectivity index (χ0v) is 20.1. The molecule has 182 valence electrons. The molecule has 0 spiro atoms. The molecule has 3 heterocycles. The molecule has 0 fully saturated rings. The van der Waals surface area contributed by atoms with Crippen molar-refractivity contribution in [1.82, 2.24) is 5.32 Å². The molecule has 2 aromatic heterocycles. The van der Waals surface area contributed by atoms with Crippen LogP contribution in [-0.4, -0.2) is 11.9 Å². The molecule has 1 aromatic carbocycles. The first kappa shape index (κ1) is 24.2. The van der Waals surface area contributed by atoms with Gasteiger partial charge in [0, 0.05) is 22.1 Å². The van der Waals surface area contributed by atoms with Gasteiger partial charge in [-0.2, -0.15) is 0 Å². The van der Waals surface area contributed by atoms with Crippen LogP contribution in [0.5, 0.6) is 0 Å². The summed E-state index contributed by atoms with van der Waals surface area (Å²) in [6.45, 7) is 3.51. The number of allylic oxidation sites excluding steroid dienone is 2. The number of dihydropyridines is 1. The van der Waals surface area contributed by atoms with E-state index < -0.39 is 17.9 Å². The van der Waals surface area contributed by atoms with Gasteiger partial charge in [-0.05, 0) is 61.4 Å². The van der Waals surface area contributed by atoms with Crippen LogP contribution in [0.1, 0.15) is 43.3 Å². The highest BCUT2D eigenvalue weighted by molar-refractivity contribution is 6.31. The Bertz CT molecular complexity index is 1280. The number of benzene rings is 1. The third kappa shape index (κ3) is 5.27. The molecule has 1 unspecified atom stereocenters. The van der Waals surface area contributed by atoms with Gasteiger partial charge in [0.1, 0.15) is 24.7 Å². The van der Waals surface area contributed by atoms with Crippen molar-refractivity contribution in [2.24, 2.45) is 0 Å². The molecule has 0 radical (unpaired) electrons. The number of nitrogens with one attached hydrogen (secondary N) is 1. The van der Waals surface area contributed by atoms with Gasteiger partial charge in [0.25, 0.3) is 0 Å². The van der Waals surface area contributed by atoms with Gasteiger partial charge in [0.05, 0.1) is 29.6 Å². The van der Waals surface area contributed by atoms with Crippen molar-refractivity contribution >= 4 is 29.2 Å². The molecule has 35 heavy (non-hydrogen) atoms. The van der Waals surface area contributed by atoms with Crippen LogP contribution >= 0.6 is 11.6 Å². The lowest BCUT2D eigenvalue weighted by atomic mass is 9.79. The SMILES string of the molecule is CCC1=C(C(=O)OCc2ccco2)C(c2cc(N)ccc2Cl)C(C(=O)OCc2ccco2)=C(C)N1. The number of rotatable bonds is 8. The summed E-state index contributed by atoms with van der Waals surface area (Å²) in [5.74, 6) is -1.12. The molecule has 0 aliphatic carbocycles. The van der Waals surface area contributed by atoms with E-state index in [1.165, 1.54) is 12.5 Å². The Kier molecular flexibility index (Phi) is 7.31. The number of halogens is 1. The van der Waals surface area contributed by atoms with E-state index in [4.69, 9.17) is 35.6 Å². The Hall–Kier alpha value is -3.91. The molecule has 8 nitrogen and oxygen atoms in total. The van der Waals surface area contributed by atoms with Crippen molar-refractivity contribution in [3.05, 3.63) is 99.6 Å². The van der Waals surface area contributed by atoms with Crippen LogP contribution in [-0.2, 0) is 32.3 Å². The Labute approximate surface area is 207 Å². The lowest BCUT2D eigenvalue weighted by Gasteiger charge is -2.31. The first-order valence-electron chi connectivity index (χ1n) is 11.0. The molecule has 4 rings (SSSR count). The molecule has 3 aromatic rings. The van der Waals surface area contributed by atoms with Crippen LogP contribution in [0.15, 0.2) is 86.4 Å². The summed E-state index contributed by atoms with van der Waals surface area (Å²) in [6.07, 6.45) is 3.47. The van der Waals surface area contributed by atoms with E-state index in [0.29, 0.717) is 45.6 Å². The molecular weight excluding hydrogens is 472 g/mol. The minimum absolute atomic E-state index is 0.0648. The number of esters is 2. The van der Waals surface area contributed by atoms with Crippen LogP contribution in [0.4, 0.5) is 5.69 Å². The van der Waals surface area contributed by atoms with Crippen molar-refractivity contribution in [2.45, 2.75) is 39.4 Å². The molecule has 1 aliphatic rings. The molecule has 9 heteroatoms. The fourth-order valence-electron chi connectivity index (χ4n) is 4.00. The van der Waals surface area contributed by atoms with E-state index in [0.717, 1.165) is 0 Å². The quantitative estimate of drug-likeness (QED) is 0.322. The minimum Gasteiger partial charge on any atom is -0.466 e. The monoisotopic (exact) mass is 496 g/mol. The summed E-state index contributed by atoms with van der Waals surface area (Å²) in [5.41, 5.74) is 8.62. The highest BCUT2D eigenvalue weighted by atomic mass is 35.5. The summed E-state index contributed by atoms with van der Waals surface area (Å²) in [6, 6.07) is 11.7. The van der Waals surface area contributed by atoms with E-state index in [9.17, 15) is 9.59 Å². The molecule has 3 N–H and O–H groups in total. The second-order valence-electron chi connectivity index (χ2n) is 7.93. The molecule has 0 saturated carbocycles. The smallest absolute Gasteiger partial charge is 0.337 e. The van der Waals surface area contributed by atoms with Crippen molar-refractivity contribution in [1.29, 1.82) is 0 Å². The molecule has 0 bridgehead atoms. The van der Waals surface area contributed by atoms with Gasteiger partial charge in [-0.3, -0.25) is 0 Å². The van der Waals surface area contributed by atoms with Crippen LogP contribution < -0.4 is 11.1 Å². The number of nitrogen functional groups attached to an aromatic ring is 1. The standard InChI is InChI=1S/C26H25ClN2O6/c1-3-21-24(26(31)35-14-18-7-5-11-33-18)23(19-12-16(28)8-9-20(19)27)22(15(2)29-21)25(30)34-13-17-6-4-10-32-17/h4-12,23,29H,3,13-14,28H2,1-2H3. The highest BCUT2D eigenvalue weighted by Crippen LogP contribution is 2.43. The van der Waals surface area contributed by atoms with E-state index in [1.807, 2.05) is 6.92 Å². The number of hydrogen-bond acceptors (Lipinski definition) is 8. The van der Waals surface area contributed by atoms with Gasteiger partial charge >= 0.3 is 11.9 Å². The number of nitrogens with two attached hydrogens (primary N) is 1. The van der Waals surface area contributed by atoms with Gasteiger partial charge in [-0.25, -0.2) is 9.59 Å². The summed E-state index contributed by atoms with van der Waals surface area (Å²) in [4.78, 5) is 26.8. The van der Waals surface area contributed by atoms with Gasteiger partial charge in [-0.1, -0.05) is 18.5 Å². The van der Waals surface area contributed by atoms with Crippen LogP contribution in [0.25, 0.3) is 0 Å². The molecule has 0 saturated heterocycles. The van der Waals surface area contributed by atoms with Crippen molar-refractivity contribution in [3.8, 4) is 0 Å². The zero-order valence-electron chi connectivity index (χ0n) is 19.3. The zero-order chi connectivity index (χ0) is 24.9. The second kappa shape index (κ2) is 10.6. The average Bonchev–Trinajstić information content (AvgIpc) is 3.56. The number of hydrogen-bond donors (Lipinski definition) is 2. The topological polar surface area (TPSA) is 117 Å². The van der Waals surface area contributed by atoms with Gasteiger partial charge < -0.3 is 29.4 Å². The predicted octanol–water partition coefficient (Wildman–Crippen LogP) is 5.22. The normalized spacial score (nSPS) is 15.7. The predicted molar refractivity (Wildman–Crippen MR) is 129 cm³/mol. The molecule has 1 aliphatic heterocycles. The van der Waals surface area contributed by atoms with E-state index in [2.05, 4.69) is 5.32 Å². The lowest BCUT2D eigenvalue weighted by Crippen LogP contribution is -2.33. The maximum atomic E-state index is 13.4. The summed E-state index contributed by atoms with van der Waals surface area (Å²) >= 11 is 6.57. The summed E-state index contributed by atoms with van der Waals surface area (Å²) in [5, 5.41) is 3.53. The van der Waals surface area contributed by atoms with E-state index >= 15 is 0 Å². The average molecular weight is 497 g/mol. The Morgan fingerprint density at radius 3 is 2.14 bits per heavy atom. The maximum Gasteiger partial charge on any atom is 0.337 e. The van der Waals surface area contributed by atoms with Crippen molar-refractivity contribution in [3.63, 3.8) is 0 Å². The van der Waals surface area contributed by atoms with Crippen LogP contribution in [0.3, 0.4) is 0 Å². The van der Waals surface area contributed by atoms with Crippen LogP contribution in [0, 0.1) is 0 Å². The first-order valence-corrected chi connectivity index (χ1v) is 11.4. The highest BCUT2D eigenvalue weighted by Gasteiger charge is 2.39. The van der Waals surface area contributed by atoms with Gasteiger partial charge in [0.2, 0.25) is 0 Å². The number of furan rings is 2. The number of ether oxygens (including phenoxy) is 2. The van der Waals surface area contributed by atoms with Crippen molar-refractivity contribution < 1.29 is 27.9 Å². The third-order valence-corrected chi connectivity index (χ3v) is 5.96. The summed E-state index contributed by atoms with van der Waals surface area (Å²) < 4.78 is 21.6. The largest absolute Gasteiger partial charge is 0.466 e. The number of carbonyl (C=O) groups excluding carboxylic acids is 2. The molecule has 1 atom stereocenters. The maximum absolute atomic E-state index is 13.4. The summed E-state index contributed by atoms with van der Waals surface area (Å²) in [7, 11) is 0. The Balaban J connectivity index is 1.75. The van der Waals surface area contributed by atoms with Crippen molar-refractivity contribution in [2.75, 3.05) is 5.73 Å². The van der Waals surface area contributed by atoms with Crippen LogP contribution in [0.2, 0.25) is 5.02 Å². The lowest BCUT2D eigenvalue weighted by molar-refractivity contribution is -0.142. The van der Waals surface area contributed by atoms with Gasteiger partial charge in [0.15, 0.2) is 0 Å². The molecular formula is C26H25ClN2O6. The third-order valence-electron chi connectivity index (χ3n) is 5.62. The first-order chi connectivity index (χ1) is 16.9. The van der Waals surface area contributed by atoms with E-state index in [1.54, 1.807) is 49.4 Å². The van der Waals surface area contributed by atoms with Gasteiger partial charge in [-0.15, -0.1) is 0 Å².